The lowest BCUT2D eigenvalue weighted by atomic mass is 9.82. The number of urea groups is 1. The summed E-state index contributed by atoms with van der Waals surface area (Å²) in [6, 6.07) is 8.58. The van der Waals surface area contributed by atoms with Gasteiger partial charge in [-0.05, 0) is 38.7 Å². The van der Waals surface area contributed by atoms with Crippen LogP contribution in [0.3, 0.4) is 0 Å². The van der Waals surface area contributed by atoms with Crippen molar-refractivity contribution in [3.05, 3.63) is 35.9 Å². The maximum absolute atomic E-state index is 12.9. The molecule has 1 saturated heterocycles. The lowest BCUT2D eigenvalue weighted by molar-refractivity contribution is -0.126. The summed E-state index contributed by atoms with van der Waals surface area (Å²) < 4.78 is 28.6. The maximum atomic E-state index is 12.9. The van der Waals surface area contributed by atoms with Crippen LogP contribution in [0.5, 0.6) is 0 Å². The Morgan fingerprint density at radius 3 is 2.48 bits per heavy atom. The highest BCUT2D eigenvalue weighted by molar-refractivity contribution is 7.90. The highest BCUT2D eigenvalue weighted by Gasteiger charge is 2.44. The van der Waals surface area contributed by atoms with Gasteiger partial charge in [0.1, 0.15) is 0 Å². The van der Waals surface area contributed by atoms with E-state index in [0.29, 0.717) is 12.8 Å². The molecule has 1 aromatic rings. The third-order valence-corrected chi connectivity index (χ3v) is 7.12. The number of imide groups is 1. The molecule has 0 aromatic heterocycles. The molecule has 7 nitrogen and oxygen atoms in total. The van der Waals surface area contributed by atoms with E-state index in [1.807, 2.05) is 44.2 Å². The monoisotopic (exact) mass is 365 g/mol. The highest BCUT2D eigenvalue weighted by atomic mass is 32.2. The van der Waals surface area contributed by atoms with Gasteiger partial charge in [0.15, 0.2) is 0 Å². The predicted molar refractivity (Wildman–Crippen MR) is 93.1 cm³/mol. The van der Waals surface area contributed by atoms with Gasteiger partial charge in [0.25, 0.3) is 0 Å². The summed E-state index contributed by atoms with van der Waals surface area (Å²) in [5.41, 5.74) is 0.120. The van der Waals surface area contributed by atoms with Gasteiger partial charge in [-0.3, -0.25) is 10.1 Å². The number of rotatable bonds is 4. The molecule has 1 heterocycles. The molecule has 8 heteroatoms. The minimum Gasteiger partial charge on any atom is -0.334 e. The summed E-state index contributed by atoms with van der Waals surface area (Å²) in [7, 11) is -3.62. The van der Waals surface area contributed by atoms with Crippen LogP contribution in [0, 0.1) is 5.92 Å². The first-order valence-corrected chi connectivity index (χ1v) is 9.93. The third-order valence-electron chi connectivity index (χ3n) is 5.02. The van der Waals surface area contributed by atoms with E-state index in [9.17, 15) is 18.0 Å². The number of amides is 3. The Morgan fingerprint density at radius 2 is 1.80 bits per heavy atom. The van der Waals surface area contributed by atoms with E-state index in [4.69, 9.17) is 0 Å². The lowest BCUT2D eigenvalue weighted by Gasteiger charge is -2.39. The van der Waals surface area contributed by atoms with Gasteiger partial charge in [-0.25, -0.2) is 17.9 Å². The Balaban J connectivity index is 1.75. The Kier molecular flexibility index (Phi) is 4.59. The molecule has 136 valence electrons. The average molecular weight is 365 g/mol. The van der Waals surface area contributed by atoms with E-state index in [1.54, 1.807) is 0 Å². The van der Waals surface area contributed by atoms with Crippen LogP contribution in [0.2, 0.25) is 0 Å². The summed E-state index contributed by atoms with van der Waals surface area (Å²) in [5, 5.41) is 4.27. The van der Waals surface area contributed by atoms with Crippen LogP contribution in [-0.4, -0.2) is 31.6 Å². The quantitative estimate of drug-likeness (QED) is 0.746. The first-order valence-electron chi connectivity index (χ1n) is 8.39. The second-order valence-corrected chi connectivity index (χ2v) is 9.21. The van der Waals surface area contributed by atoms with Crippen LogP contribution in [0.1, 0.15) is 38.7 Å². The fourth-order valence-electron chi connectivity index (χ4n) is 3.64. The minimum atomic E-state index is -3.62. The molecule has 0 radical (unpaired) electrons. The largest absolute Gasteiger partial charge is 0.334 e. The molecule has 1 aliphatic heterocycles. The minimum absolute atomic E-state index is 0.205. The number of carbonyl (C=O) groups is 2. The van der Waals surface area contributed by atoms with E-state index < -0.39 is 38.7 Å². The van der Waals surface area contributed by atoms with Crippen molar-refractivity contribution < 1.29 is 18.0 Å². The zero-order valence-corrected chi connectivity index (χ0v) is 15.1. The summed E-state index contributed by atoms with van der Waals surface area (Å²) >= 11 is 0. The van der Waals surface area contributed by atoms with Crippen molar-refractivity contribution in [2.45, 2.75) is 49.9 Å². The molecular formula is C17H23N3O4S. The maximum Gasteiger partial charge on any atom is 0.321 e. The predicted octanol–water partition coefficient (Wildman–Crippen LogP) is 1.22. The van der Waals surface area contributed by atoms with Crippen LogP contribution < -0.4 is 15.4 Å². The zero-order valence-electron chi connectivity index (χ0n) is 14.3. The zero-order chi connectivity index (χ0) is 18.2. The molecule has 3 amide bonds. The summed E-state index contributed by atoms with van der Waals surface area (Å²) in [4.78, 5) is 23.4. The number of hydrogen-bond donors (Lipinski definition) is 3. The van der Waals surface area contributed by atoms with E-state index in [1.165, 1.54) is 0 Å². The van der Waals surface area contributed by atoms with Gasteiger partial charge in [-0.1, -0.05) is 30.3 Å². The lowest BCUT2D eigenvalue weighted by Crippen LogP contribution is -2.61. The molecule has 1 saturated carbocycles. The molecule has 0 spiro atoms. The van der Waals surface area contributed by atoms with Crippen LogP contribution >= 0.6 is 0 Å². The molecule has 3 atom stereocenters. The SMILES string of the molecule is CC(C)(NS(=O)(=O)C1CCC2NC(=O)NC(=O)C2C1)c1ccccc1. The average Bonchev–Trinajstić information content (AvgIpc) is 2.54. The summed E-state index contributed by atoms with van der Waals surface area (Å²) in [6.07, 6.45) is 1.09. The molecule has 3 rings (SSSR count). The van der Waals surface area contributed by atoms with Gasteiger partial charge >= 0.3 is 6.03 Å². The fraction of sp³-hybridized carbons (Fsp3) is 0.529. The summed E-state index contributed by atoms with van der Waals surface area (Å²) in [6.45, 7) is 3.64. The Labute approximate surface area is 147 Å². The van der Waals surface area contributed by atoms with Crippen molar-refractivity contribution in [3.63, 3.8) is 0 Å². The molecular weight excluding hydrogens is 342 g/mol. The van der Waals surface area contributed by atoms with Gasteiger partial charge in [0.05, 0.1) is 16.7 Å². The van der Waals surface area contributed by atoms with Crippen molar-refractivity contribution in [2.24, 2.45) is 5.92 Å². The van der Waals surface area contributed by atoms with Crippen molar-refractivity contribution in [1.29, 1.82) is 0 Å². The van der Waals surface area contributed by atoms with Crippen molar-refractivity contribution in [3.8, 4) is 0 Å². The third kappa shape index (κ3) is 3.69. The molecule has 1 aromatic carbocycles. The molecule has 2 aliphatic rings. The van der Waals surface area contributed by atoms with Crippen molar-refractivity contribution >= 4 is 22.0 Å². The molecule has 25 heavy (non-hydrogen) atoms. The first kappa shape index (κ1) is 17.9. The molecule has 2 fully saturated rings. The van der Waals surface area contributed by atoms with Gasteiger partial charge < -0.3 is 5.32 Å². The Morgan fingerprint density at radius 1 is 1.12 bits per heavy atom. The van der Waals surface area contributed by atoms with Gasteiger partial charge in [0, 0.05) is 6.04 Å². The Hall–Kier alpha value is -1.93. The van der Waals surface area contributed by atoms with E-state index in [0.717, 1.165) is 5.56 Å². The number of nitrogens with one attached hydrogen (secondary N) is 3. The molecule has 3 N–H and O–H groups in total. The molecule has 1 aliphatic carbocycles. The van der Waals surface area contributed by atoms with E-state index >= 15 is 0 Å². The molecule has 3 unspecified atom stereocenters. The standard InChI is InChI=1S/C17H23N3O4S/c1-17(2,11-6-4-3-5-7-11)20-25(23,24)12-8-9-14-13(10-12)15(21)19-16(22)18-14/h3-7,12-14,20H,8-10H2,1-2H3,(H2,18,19,21,22). The fourth-order valence-corrected chi connectivity index (χ4v) is 5.54. The van der Waals surface area contributed by atoms with Crippen LogP contribution in [0.4, 0.5) is 4.79 Å². The van der Waals surface area contributed by atoms with Crippen LogP contribution in [-0.2, 0) is 20.4 Å². The molecule has 0 bridgehead atoms. The normalized spacial score (nSPS) is 27.2. The Bertz CT molecular complexity index is 776. The second kappa shape index (κ2) is 6.42. The van der Waals surface area contributed by atoms with Crippen LogP contribution in [0.25, 0.3) is 0 Å². The number of carbonyl (C=O) groups excluding carboxylic acids is 2. The van der Waals surface area contributed by atoms with Crippen LogP contribution in [0.15, 0.2) is 30.3 Å². The van der Waals surface area contributed by atoms with E-state index in [-0.39, 0.29) is 12.5 Å². The number of fused-ring (bicyclic) bond motifs is 1. The number of sulfonamides is 1. The van der Waals surface area contributed by atoms with Gasteiger partial charge in [-0.15, -0.1) is 0 Å². The number of benzene rings is 1. The van der Waals surface area contributed by atoms with Crippen molar-refractivity contribution in [1.82, 2.24) is 15.4 Å². The number of hydrogen-bond acceptors (Lipinski definition) is 4. The first-order chi connectivity index (χ1) is 11.7. The summed E-state index contributed by atoms with van der Waals surface area (Å²) in [5.74, 6) is -0.899. The highest BCUT2D eigenvalue weighted by Crippen LogP contribution is 2.32. The smallest absolute Gasteiger partial charge is 0.321 e. The van der Waals surface area contributed by atoms with Gasteiger partial charge in [-0.2, -0.15) is 0 Å². The second-order valence-electron chi connectivity index (χ2n) is 7.25. The topological polar surface area (TPSA) is 104 Å². The van der Waals surface area contributed by atoms with Gasteiger partial charge in [0.2, 0.25) is 15.9 Å². The van der Waals surface area contributed by atoms with Crippen molar-refractivity contribution in [2.75, 3.05) is 0 Å². The van der Waals surface area contributed by atoms with E-state index in [2.05, 4.69) is 15.4 Å².